The number of imide groups is 1. The van der Waals surface area contributed by atoms with Crippen molar-refractivity contribution >= 4 is 12.0 Å². The van der Waals surface area contributed by atoms with E-state index >= 15 is 0 Å². The van der Waals surface area contributed by atoms with Gasteiger partial charge < -0.3 is 5.11 Å². The van der Waals surface area contributed by atoms with Crippen molar-refractivity contribution in [2.24, 2.45) is 0 Å². The zero-order valence-corrected chi connectivity index (χ0v) is 12.6. The average Bonchev–Trinajstić information content (AvgIpc) is 2.83. The first-order valence-electron chi connectivity index (χ1n) is 7.45. The van der Waals surface area contributed by atoms with Crippen molar-refractivity contribution in [2.45, 2.75) is 18.9 Å². The highest BCUT2D eigenvalue weighted by Gasteiger charge is 2.38. The molecule has 4 heteroatoms. The van der Waals surface area contributed by atoms with Crippen molar-refractivity contribution in [1.82, 2.24) is 4.90 Å². The third kappa shape index (κ3) is 3.01. The molecule has 1 aliphatic heterocycles. The number of hydrogen-bond acceptors (Lipinski definition) is 2. The molecule has 2 aromatic rings. The number of carboxylic acid groups (broad SMARTS) is 1. The SMILES string of the molecule is C=C1C[C@@H](Cc2ccc(-c3ccccc3)cc2)N(C(=O)O)C1=O. The Hall–Kier alpha value is -2.88. The highest BCUT2D eigenvalue weighted by Crippen LogP contribution is 2.27. The highest BCUT2D eigenvalue weighted by atomic mass is 16.4. The third-order valence-electron chi connectivity index (χ3n) is 4.11. The standard InChI is InChI=1S/C19H17NO3/c1-13-11-17(20(18(13)21)19(22)23)12-14-7-9-16(10-8-14)15-5-3-2-4-6-15/h2-10,17H,1,11-12H2,(H,22,23)/t17-/m0/s1. The molecule has 1 fully saturated rings. The Labute approximate surface area is 134 Å². The maximum atomic E-state index is 11.8. The minimum Gasteiger partial charge on any atom is -0.465 e. The Bertz CT molecular complexity index is 750. The van der Waals surface area contributed by atoms with Gasteiger partial charge in [0.25, 0.3) is 5.91 Å². The van der Waals surface area contributed by atoms with E-state index in [0.29, 0.717) is 18.4 Å². The van der Waals surface area contributed by atoms with E-state index in [1.807, 2.05) is 54.6 Å². The molecule has 0 unspecified atom stereocenters. The van der Waals surface area contributed by atoms with Crippen molar-refractivity contribution in [1.29, 1.82) is 0 Å². The molecule has 1 aliphatic rings. The molecular weight excluding hydrogens is 290 g/mol. The maximum absolute atomic E-state index is 11.8. The van der Waals surface area contributed by atoms with Gasteiger partial charge in [0.2, 0.25) is 0 Å². The zero-order chi connectivity index (χ0) is 16.4. The summed E-state index contributed by atoms with van der Waals surface area (Å²) in [6.07, 6.45) is -0.308. The van der Waals surface area contributed by atoms with E-state index in [2.05, 4.69) is 6.58 Å². The lowest BCUT2D eigenvalue weighted by atomic mass is 9.99. The van der Waals surface area contributed by atoms with Crippen LogP contribution in [-0.4, -0.2) is 28.0 Å². The van der Waals surface area contributed by atoms with Crippen molar-refractivity contribution in [3.63, 3.8) is 0 Å². The van der Waals surface area contributed by atoms with E-state index in [0.717, 1.165) is 21.6 Å². The molecule has 1 heterocycles. The fourth-order valence-corrected chi connectivity index (χ4v) is 2.94. The van der Waals surface area contributed by atoms with E-state index in [4.69, 9.17) is 0 Å². The largest absolute Gasteiger partial charge is 0.465 e. The van der Waals surface area contributed by atoms with Crippen LogP contribution >= 0.6 is 0 Å². The molecule has 2 amide bonds. The number of rotatable bonds is 3. The van der Waals surface area contributed by atoms with Crippen molar-refractivity contribution < 1.29 is 14.7 Å². The minimum absolute atomic E-state index is 0.360. The lowest BCUT2D eigenvalue weighted by Gasteiger charge is -2.19. The molecule has 0 aromatic heterocycles. The summed E-state index contributed by atoms with van der Waals surface area (Å²) in [5.41, 5.74) is 3.61. The summed E-state index contributed by atoms with van der Waals surface area (Å²) in [5.74, 6) is -0.483. The Morgan fingerprint density at radius 3 is 2.30 bits per heavy atom. The van der Waals surface area contributed by atoms with Gasteiger partial charge in [-0.25, -0.2) is 9.69 Å². The molecule has 1 saturated heterocycles. The predicted molar refractivity (Wildman–Crippen MR) is 88.0 cm³/mol. The van der Waals surface area contributed by atoms with Gasteiger partial charge in [0, 0.05) is 5.57 Å². The van der Waals surface area contributed by atoms with E-state index < -0.39 is 12.0 Å². The number of likely N-dealkylation sites (tertiary alicyclic amines) is 1. The van der Waals surface area contributed by atoms with Crippen LogP contribution in [0.3, 0.4) is 0 Å². The second kappa shape index (κ2) is 6.08. The van der Waals surface area contributed by atoms with Crippen LogP contribution < -0.4 is 0 Å². The molecule has 2 aromatic carbocycles. The normalized spacial score (nSPS) is 17.6. The predicted octanol–water partition coefficient (Wildman–Crippen LogP) is 3.73. The van der Waals surface area contributed by atoms with Crippen molar-refractivity contribution in [3.05, 3.63) is 72.3 Å². The molecule has 0 bridgehead atoms. The lowest BCUT2D eigenvalue weighted by Crippen LogP contribution is -2.38. The molecule has 1 N–H and O–H groups in total. The summed E-state index contributed by atoms with van der Waals surface area (Å²) >= 11 is 0. The molecule has 116 valence electrons. The molecular formula is C19H17NO3. The quantitative estimate of drug-likeness (QED) is 0.879. The molecule has 0 saturated carbocycles. The van der Waals surface area contributed by atoms with Crippen LogP contribution in [0.2, 0.25) is 0 Å². The number of nitrogens with zero attached hydrogens (tertiary/aromatic N) is 1. The van der Waals surface area contributed by atoms with Gasteiger partial charge in [-0.2, -0.15) is 0 Å². The summed E-state index contributed by atoms with van der Waals surface area (Å²) in [6, 6.07) is 17.7. The number of amides is 2. The Kier molecular flexibility index (Phi) is 3.98. The Balaban J connectivity index is 1.77. The van der Waals surface area contributed by atoms with Crippen LogP contribution in [0.4, 0.5) is 4.79 Å². The summed E-state index contributed by atoms with van der Waals surface area (Å²) in [4.78, 5) is 24.0. The van der Waals surface area contributed by atoms with Gasteiger partial charge >= 0.3 is 6.09 Å². The molecule has 0 aliphatic carbocycles. The second-order valence-corrected chi connectivity index (χ2v) is 5.69. The maximum Gasteiger partial charge on any atom is 0.414 e. The average molecular weight is 307 g/mol. The summed E-state index contributed by atoms with van der Waals surface area (Å²) < 4.78 is 0. The van der Waals surface area contributed by atoms with Crippen LogP contribution in [0.5, 0.6) is 0 Å². The molecule has 4 nitrogen and oxygen atoms in total. The van der Waals surface area contributed by atoms with Crippen LogP contribution in [0.1, 0.15) is 12.0 Å². The van der Waals surface area contributed by atoms with Gasteiger partial charge in [-0.15, -0.1) is 0 Å². The van der Waals surface area contributed by atoms with Gasteiger partial charge in [0.1, 0.15) is 0 Å². The van der Waals surface area contributed by atoms with Crippen LogP contribution in [-0.2, 0) is 11.2 Å². The van der Waals surface area contributed by atoms with E-state index in [9.17, 15) is 14.7 Å². The van der Waals surface area contributed by atoms with E-state index in [1.165, 1.54) is 0 Å². The fourth-order valence-electron chi connectivity index (χ4n) is 2.94. The van der Waals surface area contributed by atoms with Gasteiger partial charge in [-0.1, -0.05) is 61.2 Å². The van der Waals surface area contributed by atoms with Crippen LogP contribution in [0.25, 0.3) is 11.1 Å². The summed E-state index contributed by atoms with van der Waals surface area (Å²) in [5, 5.41) is 9.21. The Morgan fingerprint density at radius 2 is 1.70 bits per heavy atom. The first kappa shape index (κ1) is 15.0. The van der Waals surface area contributed by atoms with Gasteiger partial charge in [-0.05, 0) is 29.5 Å². The number of carbonyl (C=O) groups excluding carboxylic acids is 1. The van der Waals surface area contributed by atoms with Crippen LogP contribution in [0.15, 0.2) is 66.7 Å². The van der Waals surface area contributed by atoms with Crippen molar-refractivity contribution in [3.8, 4) is 11.1 Å². The number of benzene rings is 2. The summed E-state index contributed by atoms with van der Waals surface area (Å²) in [6.45, 7) is 3.66. The van der Waals surface area contributed by atoms with Gasteiger partial charge in [0.15, 0.2) is 0 Å². The second-order valence-electron chi connectivity index (χ2n) is 5.69. The molecule has 0 radical (unpaired) electrons. The third-order valence-corrected chi connectivity index (χ3v) is 4.11. The zero-order valence-electron chi connectivity index (χ0n) is 12.6. The Morgan fingerprint density at radius 1 is 1.09 bits per heavy atom. The molecule has 0 spiro atoms. The fraction of sp³-hybridized carbons (Fsp3) is 0.158. The van der Waals surface area contributed by atoms with Gasteiger partial charge in [-0.3, -0.25) is 4.79 Å². The van der Waals surface area contributed by atoms with Crippen LogP contribution in [0, 0.1) is 0 Å². The summed E-state index contributed by atoms with van der Waals surface area (Å²) in [7, 11) is 0. The molecule has 23 heavy (non-hydrogen) atoms. The monoisotopic (exact) mass is 307 g/mol. The minimum atomic E-state index is -1.21. The lowest BCUT2D eigenvalue weighted by molar-refractivity contribution is -0.124. The highest BCUT2D eigenvalue weighted by molar-refractivity contribution is 6.04. The van der Waals surface area contributed by atoms with Gasteiger partial charge in [0.05, 0.1) is 6.04 Å². The van der Waals surface area contributed by atoms with E-state index in [-0.39, 0.29) is 6.04 Å². The number of hydrogen-bond donors (Lipinski definition) is 1. The first-order chi connectivity index (χ1) is 11.1. The van der Waals surface area contributed by atoms with Crippen molar-refractivity contribution in [2.75, 3.05) is 0 Å². The topological polar surface area (TPSA) is 57.6 Å². The molecule has 3 rings (SSSR count). The smallest absolute Gasteiger partial charge is 0.414 e. The van der Waals surface area contributed by atoms with E-state index in [1.54, 1.807) is 0 Å². The first-order valence-corrected chi connectivity index (χ1v) is 7.45. The number of carbonyl (C=O) groups is 2. The molecule has 1 atom stereocenters.